The van der Waals surface area contributed by atoms with E-state index in [-0.39, 0.29) is 55.3 Å². The Balaban J connectivity index is 1.45. The van der Waals surface area contributed by atoms with Crippen LogP contribution in [0.4, 0.5) is 24.1 Å². The Hall–Kier alpha value is -2.95. The quantitative estimate of drug-likeness (QED) is 0.654. The van der Waals surface area contributed by atoms with E-state index in [1.807, 2.05) is 0 Å². The number of rotatable bonds is 2. The number of hydrogen-bond acceptors (Lipinski definition) is 5. The highest BCUT2D eigenvalue weighted by atomic mass is 35.5. The minimum Gasteiger partial charge on any atom is -0.444 e. The first-order valence-electron chi connectivity index (χ1n) is 11.3. The van der Waals surface area contributed by atoms with E-state index in [0.29, 0.717) is 0 Å². The van der Waals surface area contributed by atoms with Crippen LogP contribution in [0, 0.1) is 5.41 Å². The summed E-state index contributed by atoms with van der Waals surface area (Å²) >= 11 is 6.22. The molecule has 1 spiro atoms. The predicted molar refractivity (Wildman–Crippen MR) is 123 cm³/mol. The summed E-state index contributed by atoms with van der Waals surface area (Å²) in [4.78, 5) is 52.5. The largest absolute Gasteiger partial charge is 0.444 e. The highest BCUT2D eigenvalue weighted by Gasteiger charge is 2.64. The van der Waals surface area contributed by atoms with Gasteiger partial charge in [0.15, 0.2) is 0 Å². The van der Waals surface area contributed by atoms with Crippen molar-refractivity contribution in [3.63, 3.8) is 0 Å². The molecule has 35 heavy (non-hydrogen) atoms. The zero-order chi connectivity index (χ0) is 25.8. The van der Waals surface area contributed by atoms with Crippen LogP contribution in [-0.2, 0) is 9.53 Å². The SMILES string of the molecule is CC(C)(C)OC(=O)N1CC2(CCN(C(=O)c3ccc(Cl)c(N4CCC(=O)NC4=O)c3)CC2(F)F)C1. The van der Waals surface area contributed by atoms with Gasteiger partial charge in [0.25, 0.3) is 11.8 Å². The minimum atomic E-state index is -3.21. The third-order valence-corrected chi connectivity index (χ3v) is 6.81. The van der Waals surface area contributed by atoms with Crippen LogP contribution in [0.5, 0.6) is 0 Å². The molecule has 190 valence electrons. The molecule has 12 heteroatoms. The van der Waals surface area contributed by atoms with Gasteiger partial charge in [-0.3, -0.25) is 19.8 Å². The third kappa shape index (κ3) is 4.78. The van der Waals surface area contributed by atoms with E-state index in [4.69, 9.17) is 16.3 Å². The van der Waals surface area contributed by atoms with E-state index in [2.05, 4.69) is 5.32 Å². The number of carbonyl (C=O) groups is 4. The molecule has 0 saturated carbocycles. The molecular weight excluding hydrogens is 486 g/mol. The summed E-state index contributed by atoms with van der Waals surface area (Å²) in [5, 5.41) is 2.37. The van der Waals surface area contributed by atoms with Crippen LogP contribution in [0.2, 0.25) is 5.02 Å². The van der Waals surface area contributed by atoms with Crippen LogP contribution in [-0.4, -0.2) is 78.0 Å². The normalized spacial score (nSPS) is 21.5. The molecule has 3 saturated heterocycles. The standard InChI is InChI=1S/C23H27ClF2N4O5/c1-21(2,3)35-20(34)29-11-22(12-29)7-9-28(13-23(22,25)26)18(32)14-4-5-15(24)16(10-14)30-8-6-17(31)27-19(30)33/h4-5,10H,6-9,11-13H2,1-3H3,(H,27,31,33). The molecule has 0 radical (unpaired) electrons. The molecule has 5 amide bonds. The highest BCUT2D eigenvalue weighted by Crippen LogP contribution is 2.50. The number of benzene rings is 1. The van der Waals surface area contributed by atoms with Crippen molar-refractivity contribution in [1.82, 2.24) is 15.1 Å². The van der Waals surface area contributed by atoms with Crippen molar-refractivity contribution < 1.29 is 32.7 Å². The van der Waals surface area contributed by atoms with Gasteiger partial charge in [-0.25, -0.2) is 18.4 Å². The van der Waals surface area contributed by atoms with Crippen molar-refractivity contribution in [2.45, 2.75) is 45.1 Å². The molecule has 0 aliphatic carbocycles. The molecule has 3 fully saturated rings. The number of carbonyl (C=O) groups excluding carboxylic acids is 4. The number of amides is 5. The van der Waals surface area contributed by atoms with E-state index in [0.717, 1.165) is 4.90 Å². The Labute approximate surface area is 206 Å². The first-order valence-corrected chi connectivity index (χ1v) is 11.7. The number of piperidine rings is 1. The maximum atomic E-state index is 15.2. The van der Waals surface area contributed by atoms with Crippen LogP contribution < -0.4 is 10.2 Å². The van der Waals surface area contributed by atoms with Gasteiger partial charge in [-0.1, -0.05) is 11.6 Å². The van der Waals surface area contributed by atoms with Crippen LogP contribution in [0.15, 0.2) is 18.2 Å². The number of anilines is 1. The Kier molecular flexibility index (Phi) is 6.19. The summed E-state index contributed by atoms with van der Waals surface area (Å²) in [6.07, 6.45) is -0.530. The second kappa shape index (κ2) is 8.61. The lowest BCUT2D eigenvalue weighted by atomic mass is 9.69. The molecule has 0 aromatic heterocycles. The Bertz CT molecular complexity index is 1080. The smallest absolute Gasteiger partial charge is 0.410 e. The highest BCUT2D eigenvalue weighted by molar-refractivity contribution is 6.34. The van der Waals surface area contributed by atoms with E-state index in [9.17, 15) is 19.2 Å². The van der Waals surface area contributed by atoms with Crippen LogP contribution >= 0.6 is 11.6 Å². The maximum absolute atomic E-state index is 15.2. The number of urea groups is 1. The van der Waals surface area contributed by atoms with E-state index in [1.54, 1.807) is 20.8 Å². The summed E-state index contributed by atoms with van der Waals surface area (Å²) in [6.45, 7) is 4.24. The average molecular weight is 513 g/mol. The van der Waals surface area contributed by atoms with Crippen molar-refractivity contribution in [2.24, 2.45) is 5.41 Å². The van der Waals surface area contributed by atoms with E-state index in [1.165, 1.54) is 28.0 Å². The van der Waals surface area contributed by atoms with Crippen molar-refractivity contribution in [1.29, 1.82) is 0 Å². The molecule has 1 aromatic rings. The fourth-order valence-electron chi connectivity index (χ4n) is 4.55. The first-order chi connectivity index (χ1) is 16.2. The van der Waals surface area contributed by atoms with Gasteiger partial charge >= 0.3 is 12.1 Å². The summed E-state index contributed by atoms with van der Waals surface area (Å²) in [6, 6.07) is 3.54. The molecule has 1 aromatic carbocycles. The lowest BCUT2D eigenvalue weighted by molar-refractivity contribution is -0.213. The van der Waals surface area contributed by atoms with Gasteiger partial charge < -0.3 is 14.5 Å². The lowest BCUT2D eigenvalue weighted by Crippen LogP contribution is -2.71. The molecule has 3 aliphatic heterocycles. The number of imide groups is 1. The topological polar surface area (TPSA) is 99.3 Å². The number of halogens is 3. The molecule has 3 aliphatic rings. The van der Waals surface area contributed by atoms with Crippen LogP contribution in [0.1, 0.15) is 44.0 Å². The average Bonchev–Trinajstić information content (AvgIpc) is 2.70. The van der Waals surface area contributed by atoms with E-state index < -0.39 is 47.4 Å². The summed E-state index contributed by atoms with van der Waals surface area (Å²) in [5.74, 6) is -4.24. The molecule has 0 bridgehead atoms. The number of alkyl halides is 2. The number of likely N-dealkylation sites (tertiary alicyclic amines) is 2. The minimum absolute atomic E-state index is 0.0299. The Morgan fingerprint density at radius 1 is 1.09 bits per heavy atom. The number of nitrogens with one attached hydrogen (secondary N) is 1. The zero-order valence-corrected chi connectivity index (χ0v) is 20.5. The molecular formula is C23H27ClF2N4O5. The maximum Gasteiger partial charge on any atom is 0.410 e. The fourth-order valence-corrected chi connectivity index (χ4v) is 4.77. The summed E-state index contributed by atoms with van der Waals surface area (Å²) in [7, 11) is 0. The predicted octanol–water partition coefficient (Wildman–Crippen LogP) is 3.50. The second-order valence-corrected chi connectivity index (χ2v) is 10.6. The molecule has 1 N–H and O–H groups in total. The molecule has 3 heterocycles. The van der Waals surface area contributed by atoms with Crippen molar-refractivity contribution in [3.8, 4) is 0 Å². The number of nitrogens with zero attached hydrogens (tertiary/aromatic N) is 3. The van der Waals surface area contributed by atoms with Crippen molar-refractivity contribution >= 4 is 41.2 Å². The molecule has 0 atom stereocenters. The molecule has 9 nitrogen and oxygen atoms in total. The second-order valence-electron chi connectivity index (χ2n) is 10.2. The molecule has 4 rings (SSSR count). The van der Waals surface area contributed by atoms with Gasteiger partial charge in [-0.05, 0) is 45.4 Å². The summed E-state index contributed by atoms with van der Waals surface area (Å²) in [5.41, 5.74) is -1.80. The molecule has 0 unspecified atom stereocenters. The van der Waals surface area contributed by atoms with Gasteiger partial charge in [0.1, 0.15) is 5.60 Å². The summed E-state index contributed by atoms with van der Waals surface area (Å²) < 4.78 is 35.7. The number of hydrogen-bond donors (Lipinski definition) is 1. The van der Waals surface area contributed by atoms with Gasteiger partial charge in [-0.2, -0.15) is 0 Å². The van der Waals surface area contributed by atoms with Crippen LogP contribution in [0.25, 0.3) is 0 Å². The number of ether oxygens (including phenoxy) is 1. The first kappa shape index (κ1) is 25.2. The Morgan fingerprint density at radius 3 is 2.37 bits per heavy atom. The van der Waals surface area contributed by atoms with Crippen LogP contribution in [0.3, 0.4) is 0 Å². The monoisotopic (exact) mass is 512 g/mol. The lowest BCUT2D eigenvalue weighted by Gasteiger charge is -2.56. The van der Waals surface area contributed by atoms with Gasteiger partial charge in [0.05, 0.1) is 22.7 Å². The van der Waals surface area contributed by atoms with Gasteiger partial charge in [-0.15, -0.1) is 0 Å². The van der Waals surface area contributed by atoms with Gasteiger partial charge in [0.2, 0.25) is 5.91 Å². The van der Waals surface area contributed by atoms with Crippen molar-refractivity contribution in [2.75, 3.05) is 37.6 Å². The van der Waals surface area contributed by atoms with Crippen molar-refractivity contribution in [3.05, 3.63) is 28.8 Å². The van der Waals surface area contributed by atoms with Gasteiger partial charge in [0, 0.05) is 38.2 Å². The Morgan fingerprint density at radius 2 is 1.77 bits per heavy atom. The zero-order valence-electron chi connectivity index (χ0n) is 19.7. The van der Waals surface area contributed by atoms with E-state index >= 15 is 8.78 Å². The third-order valence-electron chi connectivity index (χ3n) is 6.49. The fraction of sp³-hybridized carbons (Fsp3) is 0.565.